The molecule has 0 amide bonds. The molecule has 2 aliphatic rings. The van der Waals surface area contributed by atoms with E-state index in [0.717, 1.165) is 31.6 Å². The van der Waals surface area contributed by atoms with Crippen LogP contribution in [0.1, 0.15) is 30.9 Å². The molecule has 3 nitrogen and oxygen atoms in total. The van der Waals surface area contributed by atoms with Gasteiger partial charge in [-0.1, -0.05) is 49.4 Å². The van der Waals surface area contributed by atoms with Gasteiger partial charge in [0.25, 0.3) is 0 Å². The molecule has 23 heavy (non-hydrogen) atoms. The highest BCUT2D eigenvalue weighted by molar-refractivity contribution is 5.30. The summed E-state index contributed by atoms with van der Waals surface area (Å²) in [5, 5.41) is 3.62. The predicted octanol–water partition coefficient (Wildman–Crippen LogP) is 4.34. The van der Waals surface area contributed by atoms with Crippen LogP contribution >= 0.6 is 0 Å². The number of ether oxygens (including phenoxy) is 2. The summed E-state index contributed by atoms with van der Waals surface area (Å²) < 4.78 is 10.9. The number of hydrogen-bond acceptors (Lipinski definition) is 3. The molecule has 1 aliphatic carbocycles. The van der Waals surface area contributed by atoms with Crippen LogP contribution in [-0.2, 0) is 22.4 Å². The molecule has 0 saturated carbocycles. The van der Waals surface area contributed by atoms with Gasteiger partial charge in [0.2, 0.25) is 0 Å². The van der Waals surface area contributed by atoms with Crippen molar-refractivity contribution >= 4 is 0 Å². The maximum absolute atomic E-state index is 5.65. The largest absolute Gasteiger partial charge is 0.466 e. The minimum absolute atomic E-state index is 0.0372. The van der Waals surface area contributed by atoms with Crippen LogP contribution in [0.3, 0.4) is 0 Å². The third-order valence-corrected chi connectivity index (χ3v) is 4.13. The minimum Gasteiger partial charge on any atom is -0.466 e. The Bertz CT molecular complexity index is 655. The lowest BCUT2D eigenvalue weighted by atomic mass is 9.96. The Labute approximate surface area is 138 Å². The topological polar surface area (TPSA) is 30.5 Å². The molecule has 1 aromatic carbocycles. The lowest BCUT2D eigenvalue weighted by molar-refractivity contribution is 0.232. The van der Waals surface area contributed by atoms with Crippen molar-refractivity contribution in [1.29, 1.82) is 0 Å². The molecule has 3 heteroatoms. The van der Waals surface area contributed by atoms with Gasteiger partial charge in [0, 0.05) is 6.54 Å². The number of allylic oxidation sites excluding steroid dienone is 3. The molecule has 0 radical (unpaired) electrons. The van der Waals surface area contributed by atoms with E-state index in [2.05, 4.69) is 54.7 Å². The van der Waals surface area contributed by atoms with Gasteiger partial charge in [0.15, 0.2) is 5.76 Å². The van der Waals surface area contributed by atoms with E-state index in [4.69, 9.17) is 9.47 Å². The van der Waals surface area contributed by atoms with E-state index in [1.54, 1.807) is 18.8 Å². The molecule has 0 fully saturated rings. The molecule has 120 valence electrons. The highest BCUT2D eigenvalue weighted by Gasteiger charge is 2.22. The molecule has 1 heterocycles. The summed E-state index contributed by atoms with van der Waals surface area (Å²) >= 11 is 0. The number of rotatable bonds is 6. The molecule has 0 spiro atoms. The van der Waals surface area contributed by atoms with Crippen LogP contribution in [0.25, 0.3) is 0 Å². The Hall–Kier alpha value is -2.26. The van der Waals surface area contributed by atoms with Gasteiger partial charge in [-0.3, -0.25) is 5.32 Å². The van der Waals surface area contributed by atoms with Crippen LogP contribution in [0, 0.1) is 0 Å². The lowest BCUT2D eigenvalue weighted by Crippen LogP contribution is -2.34. The third kappa shape index (κ3) is 4.14. The quantitative estimate of drug-likeness (QED) is 0.848. The first kappa shape index (κ1) is 15.6. The van der Waals surface area contributed by atoms with Crippen LogP contribution < -0.4 is 5.32 Å². The van der Waals surface area contributed by atoms with Crippen molar-refractivity contribution in [3.63, 3.8) is 0 Å². The zero-order valence-electron chi connectivity index (χ0n) is 13.5. The number of nitrogens with one attached hydrogen (secondary N) is 1. The van der Waals surface area contributed by atoms with Crippen molar-refractivity contribution in [3.8, 4) is 0 Å². The third-order valence-electron chi connectivity index (χ3n) is 4.13. The molecule has 0 saturated heterocycles. The van der Waals surface area contributed by atoms with Gasteiger partial charge in [-0.05, 0) is 36.0 Å². The fraction of sp³-hybridized carbons (Fsp3) is 0.300. The Kier molecular flexibility index (Phi) is 5.33. The highest BCUT2D eigenvalue weighted by atomic mass is 16.5. The molecule has 3 rings (SSSR count). The van der Waals surface area contributed by atoms with Crippen molar-refractivity contribution in [2.24, 2.45) is 0 Å². The van der Waals surface area contributed by atoms with E-state index in [1.807, 2.05) is 0 Å². The summed E-state index contributed by atoms with van der Waals surface area (Å²) in [4.78, 5) is 0. The molecule has 1 N–H and O–H groups in total. The van der Waals surface area contributed by atoms with Gasteiger partial charge in [0.1, 0.15) is 18.8 Å². The Morgan fingerprint density at radius 1 is 1.22 bits per heavy atom. The van der Waals surface area contributed by atoms with Crippen molar-refractivity contribution in [2.75, 3.05) is 0 Å². The maximum Gasteiger partial charge on any atom is 0.159 e. The second-order valence-corrected chi connectivity index (χ2v) is 5.74. The van der Waals surface area contributed by atoms with Crippen LogP contribution in [0.4, 0.5) is 0 Å². The first-order chi connectivity index (χ1) is 11.4. The summed E-state index contributed by atoms with van der Waals surface area (Å²) in [7, 11) is 0. The van der Waals surface area contributed by atoms with Gasteiger partial charge >= 0.3 is 0 Å². The fourth-order valence-corrected chi connectivity index (χ4v) is 2.86. The summed E-state index contributed by atoms with van der Waals surface area (Å²) in [6.45, 7) is 2.98. The first-order valence-corrected chi connectivity index (χ1v) is 8.21. The standard InChI is InChI=1S/C20H23NO2/c1-2-16-7-6-8-17(13-16)14-21-20(18-9-4-3-5-10-18)19-15-22-11-12-23-19/h3-4,6-9,11-13,15,20-21H,2,5,10,14H2,1H3. The zero-order chi connectivity index (χ0) is 15.9. The molecule has 1 aliphatic heterocycles. The summed E-state index contributed by atoms with van der Waals surface area (Å²) in [5.41, 5.74) is 3.97. The molecule has 1 aromatic rings. The van der Waals surface area contributed by atoms with Gasteiger partial charge in [0.05, 0.1) is 6.04 Å². The van der Waals surface area contributed by atoms with Gasteiger partial charge in [-0.2, -0.15) is 0 Å². The smallest absolute Gasteiger partial charge is 0.159 e. The second kappa shape index (κ2) is 7.84. The SMILES string of the molecule is CCc1cccc(CNC(C2=CC=CCC2)C2=COC=CO2)c1. The van der Waals surface area contributed by atoms with E-state index in [9.17, 15) is 0 Å². The van der Waals surface area contributed by atoms with Gasteiger partial charge in [-0.25, -0.2) is 0 Å². The summed E-state index contributed by atoms with van der Waals surface area (Å²) in [6.07, 6.45) is 14.4. The number of hydrogen-bond donors (Lipinski definition) is 1. The molecule has 0 aromatic heterocycles. The summed E-state index contributed by atoms with van der Waals surface area (Å²) in [6, 6.07) is 8.74. The Balaban J connectivity index is 1.74. The zero-order valence-corrected chi connectivity index (χ0v) is 13.5. The molecular weight excluding hydrogens is 286 g/mol. The van der Waals surface area contributed by atoms with Crippen LogP contribution in [0.5, 0.6) is 0 Å². The van der Waals surface area contributed by atoms with E-state index < -0.39 is 0 Å². The Morgan fingerprint density at radius 3 is 2.87 bits per heavy atom. The summed E-state index contributed by atoms with van der Waals surface area (Å²) in [5.74, 6) is 0.806. The number of benzene rings is 1. The van der Waals surface area contributed by atoms with E-state index >= 15 is 0 Å². The van der Waals surface area contributed by atoms with Crippen molar-refractivity contribution in [3.05, 3.63) is 83.7 Å². The molecule has 1 unspecified atom stereocenters. The first-order valence-electron chi connectivity index (χ1n) is 8.21. The normalized spacial score (nSPS) is 17.8. The minimum atomic E-state index is 0.0372. The average Bonchev–Trinajstić information content (AvgIpc) is 2.64. The predicted molar refractivity (Wildman–Crippen MR) is 92.3 cm³/mol. The van der Waals surface area contributed by atoms with Crippen molar-refractivity contribution in [1.82, 2.24) is 5.32 Å². The van der Waals surface area contributed by atoms with Gasteiger partial charge < -0.3 is 9.47 Å². The second-order valence-electron chi connectivity index (χ2n) is 5.74. The van der Waals surface area contributed by atoms with E-state index in [1.165, 1.54) is 16.7 Å². The molecule has 0 bridgehead atoms. The maximum atomic E-state index is 5.65. The van der Waals surface area contributed by atoms with Crippen LogP contribution in [-0.4, -0.2) is 6.04 Å². The highest BCUT2D eigenvalue weighted by Crippen LogP contribution is 2.24. The lowest BCUT2D eigenvalue weighted by Gasteiger charge is -2.25. The van der Waals surface area contributed by atoms with Crippen LogP contribution in [0.2, 0.25) is 0 Å². The van der Waals surface area contributed by atoms with E-state index in [0.29, 0.717) is 0 Å². The van der Waals surface area contributed by atoms with Crippen molar-refractivity contribution in [2.45, 2.75) is 38.8 Å². The molecular formula is C20H23NO2. The number of aryl methyl sites for hydroxylation is 1. The average molecular weight is 309 g/mol. The van der Waals surface area contributed by atoms with Crippen LogP contribution in [0.15, 0.2) is 72.6 Å². The fourth-order valence-electron chi connectivity index (χ4n) is 2.86. The Morgan fingerprint density at radius 2 is 2.13 bits per heavy atom. The monoisotopic (exact) mass is 309 g/mol. The van der Waals surface area contributed by atoms with Gasteiger partial charge in [-0.15, -0.1) is 0 Å². The van der Waals surface area contributed by atoms with Crippen molar-refractivity contribution < 1.29 is 9.47 Å². The van der Waals surface area contributed by atoms with E-state index in [-0.39, 0.29) is 6.04 Å². The molecule has 1 atom stereocenters.